The molecule has 1 spiro atoms. The predicted octanol–water partition coefficient (Wildman–Crippen LogP) is 2.53. The first-order valence-corrected chi connectivity index (χ1v) is 9.64. The van der Waals surface area contributed by atoms with Crippen LogP contribution in [0.2, 0.25) is 0 Å². The summed E-state index contributed by atoms with van der Waals surface area (Å²) in [5.41, 5.74) is 8.35. The average molecular weight is 378 g/mol. The SMILES string of the molecule is Cc1cc2cccc(C(=O)N3CCC4(CCc5c4nc(N)[nH]c5=O)CC3)c2o1. The van der Waals surface area contributed by atoms with Crippen LogP contribution in [0.25, 0.3) is 11.0 Å². The van der Waals surface area contributed by atoms with Crippen molar-refractivity contribution in [3.05, 3.63) is 57.2 Å². The van der Waals surface area contributed by atoms with E-state index in [4.69, 9.17) is 10.2 Å². The molecule has 1 fully saturated rings. The van der Waals surface area contributed by atoms with Gasteiger partial charge in [0.1, 0.15) is 11.3 Å². The van der Waals surface area contributed by atoms with Gasteiger partial charge in [-0.25, -0.2) is 4.98 Å². The van der Waals surface area contributed by atoms with Gasteiger partial charge in [0.05, 0.1) is 11.3 Å². The zero-order valence-corrected chi connectivity index (χ0v) is 15.7. The maximum absolute atomic E-state index is 13.2. The Kier molecular flexibility index (Phi) is 3.62. The molecule has 0 radical (unpaired) electrons. The van der Waals surface area contributed by atoms with E-state index in [1.165, 1.54) is 0 Å². The lowest BCUT2D eigenvalue weighted by Gasteiger charge is -2.39. The molecule has 1 saturated heterocycles. The zero-order chi connectivity index (χ0) is 19.5. The summed E-state index contributed by atoms with van der Waals surface area (Å²) in [5.74, 6) is 0.957. The first kappa shape index (κ1) is 17.0. The summed E-state index contributed by atoms with van der Waals surface area (Å²) in [6, 6.07) is 7.62. The molecule has 1 amide bonds. The Morgan fingerprint density at radius 3 is 2.86 bits per heavy atom. The number of furan rings is 1. The highest BCUT2D eigenvalue weighted by Crippen LogP contribution is 2.44. The quantitative estimate of drug-likeness (QED) is 0.677. The van der Waals surface area contributed by atoms with Crippen molar-refractivity contribution in [2.45, 2.75) is 38.0 Å². The standard InChI is InChI=1S/C21H22N4O3/c1-12-11-13-3-2-4-14(16(13)28-12)19(27)25-9-7-21(8-10-25)6-5-15-17(21)23-20(22)24-18(15)26/h2-4,11H,5-10H2,1H3,(H3,22,23,24,26). The van der Waals surface area contributed by atoms with Crippen molar-refractivity contribution < 1.29 is 9.21 Å². The van der Waals surface area contributed by atoms with E-state index in [1.807, 2.05) is 36.1 Å². The van der Waals surface area contributed by atoms with E-state index in [0.717, 1.165) is 48.1 Å². The van der Waals surface area contributed by atoms with E-state index < -0.39 is 0 Å². The smallest absolute Gasteiger partial charge is 0.257 e. The number of H-pyrrole nitrogens is 1. The third-order valence-corrected chi connectivity index (χ3v) is 6.30. The Hall–Kier alpha value is -3.09. The van der Waals surface area contributed by atoms with Crippen LogP contribution in [0.5, 0.6) is 0 Å². The molecule has 7 nitrogen and oxygen atoms in total. The van der Waals surface area contributed by atoms with Gasteiger partial charge in [-0.3, -0.25) is 14.6 Å². The summed E-state index contributed by atoms with van der Waals surface area (Å²) in [7, 11) is 0. The van der Waals surface area contributed by atoms with E-state index in [1.54, 1.807) is 0 Å². The fraction of sp³-hybridized carbons (Fsp3) is 0.381. The lowest BCUT2D eigenvalue weighted by molar-refractivity contribution is 0.0664. The van der Waals surface area contributed by atoms with Gasteiger partial charge in [-0.1, -0.05) is 12.1 Å². The molecule has 3 heterocycles. The van der Waals surface area contributed by atoms with Crippen molar-refractivity contribution in [3.8, 4) is 0 Å². The number of rotatable bonds is 1. The summed E-state index contributed by atoms with van der Waals surface area (Å²) >= 11 is 0. The van der Waals surface area contributed by atoms with Crippen LogP contribution in [0.1, 0.15) is 46.6 Å². The van der Waals surface area contributed by atoms with Crippen molar-refractivity contribution in [2.75, 3.05) is 18.8 Å². The van der Waals surface area contributed by atoms with Crippen LogP contribution in [0.4, 0.5) is 5.95 Å². The molecule has 0 saturated carbocycles. The minimum Gasteiger partial charge on any atom is -0.461 e. The minimum absolute atomic E-state index is 0.00796. The summed E-state index contributed by atoms with van der Waals surface area (Å²) in [5, 5.41) is 0.945. The van der Waals surface area contributed by atoms with Crippen LogP contribution < -0.4 is 11.3 Å². The van der Waals surface area contributed by atoms with Gasteiger partial charge < -0.3 is 15.1 Å². The molecule has 0 unspecified atom stereocenters. The fourth-order valence-electron chi connectivity index (χ4n) is 4.82. The number of hydrogen-bond donors (Lipinski definition) is 2. The number of aromatic nitrogens is 2. The average Bonchev–Trinajstić information content (AvgIpc) is 3.22. The van der Waals surface area contributed by atoms with Crippen LogP contribution in [0.15, 0.2) is 33.5 Å². The summed E-state index contributed by atoms with van der Waals surface area (Å²) < 4.78 is 5.77. The number of nitrogens with two attached hydrogens (primary N) is 1. The maximum atomic E-state index is 13.2. The second kappa shape index (κ2) is 5.95. The molecule has 0 bridgehead atoms. The Balaban J connectivity index is 1.41. The number of anilines is 1. The maximum Gasteiger partial charge on any atom is 0.257 e. The first-order valence-electron chi connectivity index (χ1n) is 9.64. The number of nitrogens with one attached hydrogen (secondary N) is 1. The number of nitrogen functional groups attached to an aromatic ring is 1. The van der Waals surface area contributed by atoms with Gasteiger partial charge in [0.2, 0.25) is 5.95 Å². The Bertz CT molecular complexity index is 1150. The molecule has 0 atom stereocenters. The highest BCUT2D eigenvalue weighted by Gasteiger charge is 2.44. The first-order chi connectivity index (χ1) is 13.5. The second-order valence-electron chi connectivity index (χ2n) is 7.93. The van der Waals surface area contributed by atoms with Gasteiger partial charge in [0, 0.05) is 29.5 Å². The van der Waals surface area contributed by atoms with Crippen LogP contribution in [0.3, 0.4) is 0 Å². The summed E-state index contributed by atoms with van der Waals surface area (Å²) in [4.78, 5) is 34.3. The van der Waals surface area contributed by atoms with E-state index in [-0.39, 0.29) is 22.8 Å². The molecule has 2 aliphatic rings. The normalized spacial score (nSPS) is 18.0. The molecule has 5 rings (SSSR count). The summed E-state index contributed by atoms with van der Waals surface area (Å²) in [6.07, 6.45) is 3.18. The molecule has 3 aromatic rings. The Labute approximate surface area is 161 Å². The van der Waals surface area contributed by atoms with Crippen molar-refractivity contribution in [2.24, 2.45) is 0 Å². The van der Waals surface area contributed by atoms with Gasteiger partial charge >= 0.3 is 0 Å². The van der Waals surface area contributed by atoms with Crippen molar-refractivity contribution in [3.63, 3.8) is 0 Å². The Morgan fingerprint density at radius 1 is 1.29 bits per heavy atom. The fourth-order valence-corrected chi connectivity index (χ4v) is 4.82. The van der Waals surface area contributed by atoms with E-state index in [9.17, 15) is 9.59 Å². The summed E-state index contributed by atoms with van der Waals surface area (Å²) in [6.45, 7) is 3.14. The van der Waals surface area contributed by atoms with Gasteiger partial charge in [-0.05, 0) is 44.7 Å². The predicted molar refractivity (Wildman–Crippen MR) is 105 cm³/mol. The highest BCUT2D eigenvalue weighted by atomic mass is 16.3. The van der Waals surface area contributed by atoms with Crippen molar-refractivity contribution in [1.82, 2.24) is 14.9 Å². The molecular weight excluding hydrogens is 356 g/mol. The highest BCUT2D eigenvalue weighted by molar-refractivity contribution is 6.05. The monoisotopic (exact) mass is 378 g/mol. The number of benzene rings is 1. The van der Waals surface area contributed by atoms with Crippen LogP contribution in [0, 0.1) is 6.92 Å². The topological polar surface area (TPSA) is 105 Å². The number of carbonyl (C=O) groups is 1. The number of piperidine rings is 1. The van der Waals surface area contributed by atoms with Crippen LogP contribution >= 0.6 is 0 Å². The number of nitrogens with zero attached hydrogens (tertiary/aromatic N) is 2. The van der Waals surface area contributed by atoms with E-state index >= 15 is 0 Å². The zero-order valence-electron chi connectivity index (χ0n) is 15.7. The molecule has 1 aromatic carbocycles. The van der Waals surface area contributed by atoms with Gasteiger partial charge in [0.25, 0.3) is 11.5 Å². The number of carbonyl (C=O) groups excluding carboxylic acids is 1. The van der Waals surface area contributed by atoms with Crippen molar-refractivity contribution >= 4 is 22.8 Å². The molecule has 3 N–H and O–H groups in total. The lowest BCUT2D eigenvalue weighted by Crippen LogP contribution is -2.45. The molecule has 1 aliphatic heterocycles. The van der Waals surface area contributed by atoms with Crippen LogP contribution in [-0.4, -0.2) is 33.9 Å². The van der Waals surface area contributed by atoms with Crippen LogP contribution in [-0.2, 0) is 11.8 Å². The number of hydrogen-bond acceptors (Lipinski definition) is 5. The van der Waals surface area contributed by atoms with Crippen molar-refractivity contribution in [1.29, 1.82) is 0 Å². The molecule has 2 aromatic heterocycles. The number of aryl methyl sites for hydroxylation is 1. The molecular formula is C21H22N4O3. The number of amides is 1. The molecule has 7 heteroatoms. The lowest BCUT2D eigenvalue weighted by atomic mass is 9.76. The second-order valence-corrected chi connectivity index (χ2v) is 7.93. The molecule has 28 heavy (non-hydrogen) atoms. The van der Waals surface area contributed by atoms with E-state index in [0.29, 0.717) is 24.2 Å². The third-order valence-electron chi connectivity index (χ3n) is 6.30. The van der Waals surface area contributed by atoms with E-state index in [2.05, 4.69) is 9.97 Å². The number of likely N-dealkylation sites (tertiary alicyclic amines) is 1. The number of aromatic amines is 1. The minimum atomic E-state index is -0.151. The van der Waals surface area contributed by atoms with Gasteiger partial charge in [-0.2, -0.15) is 0 Å². The number of para-hydroxylation sites is 1. The van der Waals surface area contributed by atoms with Gasteiger partial charge in [0.15, 0.2) is 0 Å². The molecule has 1 aliphatic carbocycles. The van der Waals surface area contributed by atoms with Gasteiger partial charge in [-0.15, -0.1) is 0 Å². The third kappa shape index (κ3) is 2.46. The largest absolute Gasteiger partial charge is 0.461 e. The Morgan fingerprint density at radius 2 is 2.07 bits per heavy atom. The molecule has 144 valence electrons. The number of fused-ring (bicyclic) bond motifs is 3.